The van der Waals surface area contributed by atoms with E-state index in [1.807, 2.05) is 11.6 Å². The number of amides is 1. The predicted molar refractivity (Wildman–Crippen MR) is 71.7 cm³/mol. The molecule has 0 spiro atoms. The van der Waals surface area contributed by atoms with E-state index in [1.165, 1.54) is 25.2 Å². The summed E-state index contributed by atoms with van der Waals surface area (Å²) >= 11 is 1.21. The molecule has 1 aromatic rings. The van der Waals surface area contributed by atoms with Crippen LogP contribution in [-0.2, 0) is 10.0 Å². The van der Waals surface area contributed by atoms with Crippen molar-refractivity contribution in [3.8, 4) is 5.75 Å². The van der Waals surface area contributed by atoms with E-state index in [1.54, 1.807) is 13.0 Å². The summed E-state index contributed by atoms with van der Waals surface area (Å²) in [5.74, 6) is -0.207. The summed E-state index contributed by atoms with van der Waals surface area (Å²) in [7, 11) is -3.62. The summed E-state index contributed by atoms with van der Waals surface area (Å²) < 4.78 is 30.6. The largest absolute Gasteiger partial charge is 0.492 e. The molecule has 0 saturated heterocycles. The van der Waals surface area contributed by atoms with E-state index < -0.39 is 21.2 Å². The molecule has 0 aromatic carbocycles. The number of nitrogens with one attached hydrogen (secondary N) is 1. The van der Waals surface area contributed by atoms with Crippen molar-refractivity contribution in [1.82, 2.24) is 4.72 Å². The second-order valence-electron chi connectivity index (χ2n) is 4.01. The monoisotopic (exact) mass is 291 g/mol. The number of rotatable bonds is 5. The van der Waals surface area contributed by atoms with E-state index >= 15 is 0 Å². The van der Waals surface area contributed by atoms with Gasteiger partial charge in [0.2, 0.25) is 10.0 Å². The van der Waals surface area contributed by atoms with Crippen LogP contribution in [0.4, 0.5) is 0 Å². The van der Waals surface area contributed by atoms with Crippen LogP contribution in [0, 0.1) is 6.92 Å². The molecule has 1 amide bonds. The number of hydrogen-bond acceptors (Lipinski definition) is 5. The number of aryl methyl sites for hydroxylation is 1. The Kier molecular flexibility index (Phi) is 4.75. The Morgan fingerprint density at radius 2 is 2.11 bits per heavy atom. The van der Waals surface area contributed by atoms with Crippen molar-refractivity contribution in [2.45, 2.75) is 32.9 Å². The Morgan fingerprint density at radius 1 is 1.50 bits per heavy atom. The molecular formula is C11H17NO4S2. The van der Waals surface area contributed by atoms with Crippen molar-refractivity contribution >= 4 is 27.3 Å². The van der Waals surface area contributed by atoms with Gasteiger partial charge in [-0.1, -0.05) is 0 Å². The minimum Gasteiger partial charge on any atom is -0.492 e. The van der Waals surface area contributed by atoms with Gasteiger partial charge in [-0.2, -0.15) is 0 Å². The van der Waals surface area contributed by atoms with Crippen molar-refractivity contribution < 1.29 is 17.9 Å². The molecule has 0 atom stereocenters. The number of carbonyl (C=O) groups excluding carboxylic acids is 1. The van der Waals surface area contributed by atoms with Crippen LogP contribution in [0.1, 0.15) is 35.3 Å². The van der Waals surface area contributed by atoms with Crippen LogP contribution in [-0.4, -0.2) is 26.2 Å². The van der Waals surface area contributed by atoms with Crippen molar-refractivity contribution in [1.29, 1.82) is 0 Å². The maximum Gasteiger partial charge on any atom is 0.278 e. The molecule has 0 aliphatic rings. The zero-order valence-electron chi connectivity index (χ0n) is 10.8. The molecule has 1 aromatic heterocycles. The number of ether oxygens (including phenoxy) is 1. The topological polar surface area (TPSA) is 72.5 Å². The molecule has 0 saturated carbocycles. The molecule has 5 nitrogen and oxygen atoms in total. The highest BCUT2D eigenvalue weighted by atomic mass is 32.2. The van der Waals surface area contributed by atoms with Crippen LogP contribution in [0.5, 0.6) is 5.75 Å². The first kappa shape index (κ1) is 15.0. The third-order valence-corrected chi connectivity index (χ3v) is 4.92. The molecule has 1 rings (SSSR count). The first-order valence-electron chi connectivity index (χ1n) is 5.57. The van der Waals surface area contributed by atoms with Gasteiger partial charge in [-0.25, -0.2) is 13.1 Å². The maximum atomic E-state index is 11.9. The van der Waals surface area contributed by atoms with Gasteiger partial charge in [0.15, 0.2) is 0 Å². The first-order valence-corrected chi connectivity index (χ1v) is 7.93. The molecule has 0 aliphatic carbocycles. The Balaban J connectivity index is 2.98. The molecule has 0 unspecified atom stereocenters. The van der Waals surface area contributed by atoms with Gasteiger partial charge in [0, 0.05) is 4.88 Å². The van der Waals surface area contributed by atoms with Gasteiger partial charge in [-0.05, 0) is 33.8 Å². The van der Waals surface area contributed by atoms with Crippen molar-refractivity contribution in [2.24, 2.45) is 0 Å². The number of thiophene rings is 1. The quantitative estimate of drug-likeness (QED) is 0.899. The van der Waals surface area contributed by atoms with Crippen molar-refractivity contribution in [3.05, 3.63) is 15.8 Å². The Morgan fingerprint density at radius 3 is 2.61 bits per heavy atom. The molecule has 0 aliphatic heterocycles. The minimum absolute atomic E-state index is 0.290. The molecule has 1 N–H and O–H groups in total. The van der Waals surface area contributed by atoms with E-state index in [4.69, 9.17) is 4.74 Å². The lowest BCUT2D eigenvalue weighted by atomic mass is 10.4. The normalized spacial score (nSPS) is 11.6. The van der Waals surface area contributed by atoms with Crippen LogP contribution in [0.15, 0.2) is 6.07 Å². The zero-order valence-corrected chi connectivity index (χ0v) is 12.4. The fourth-order valence-corrected chi connectivity index (χ4v) is 2.72. The number of hydrogen-bond donors (Lipinski definition) is 1. The minimum atomic E-state index is -3.62. The lowest BCUT2D eigenvalue weighted by molar-refractivity contribution is 0.0982. The van der Waals surface area contributed by atoms with Crippen LogP contribution < -0.4 is 9.46 Å². The van der Waals surface area contributed by atoms with Gasteiger partial charge in [-0.15, -0.1) is 11.3 Å². The average molecular weight is 291 g/mol. The van der Waals surface area contributed by atoms with Crippen LogP contribution >= 0.6 is 11.3 Å². The average Bonchev–Trinajstić information content (AvgIpc) is 2.59. The lowest BCUT2D eigenvalue weighted by Gasteiger charge is -2.09. The second kappa shape index (κ2) is 5.71. The predicted octanol–water partition coefficient (Wildman–Crippen LogP) is 1.92. The smallest absolute Gasteiger partial charge is 0.278 e. The van der Waals surface area contributed by atoms with Crippen LogP contribution in [0.25, 0.3) is 0 Å². The summed E-state index contributed by atoms with van der Waals surface area (Å²) in [6.45, 7) is 7.09. The molecule has 7 heteroatoms. The molecule has 0 bridgehead atoms. The molecule has 102 valence electrons. The first-order chi connectivity index (χ1) is 8.27. The number of sulfonamides is 1. The number of carbonyl (C=O) groups is 1. The van der Waals surface area contributed by atoms with E-state index in [0.717, 1.165) is 4.88 Å². The Bertz CT molecular complexity index is 531. The van der Waals surface area contributed by atoms with Gasteiger partial charge in [0.1, 0.15) is 10.6 Å². The molecule has 18 heavy (non-hydrogen) atoms. The van der Waals surface area contributed by atoms with Gasteiger partial charge in [-0.3, -0.25) is 4.79 Å². The standard InChI is InChI=1S/C11H17NO4S2/c1-5-16-9-6-8(4)17-10(9)11(13)12-18(14,15)7(2)3/h6-7H,5H2,1-4H3,(H,12,13). The Labute approximate surface area is 111 Å². The second-order valence-corrected chi connectivity index (χ2v) is 7.50. The van der Waals surface area contributed by atoms with Gasteiger partial charge >= 0.3 is 0 Å². The molecular weight excluding hydrogens is 274 g/mol. The highest BCUT2D eigenvalue weighted by molar-refractivity contribution is 7.90. The van der Waals surface area contributed by atoms with E-state index in [9.17, 15) is 13.2 Å². The lowest BCUT2D eigenvalue weighted by Crippen LogP contribution is -2.35. The molecule has 0 radical (unpaired) electrons. The fourth-order valence-electron chi connectivity index (χ4n) is 1.21. The van der Waals surface area contributed by atoms with Crippen molar-refractivity contribution in [2.75, 3.05) is 6.61 Å². The van der Waals surface area contributed by atoms with Gasteiger partial charge < -0.3 is 4.74 Å². The summed E-state index contributed by atoms with van der Waals surface area (Å²) in [5.41, 5.74) is 0. The van der Waals surface area contributed by atoms with E-state index in [0.29, 0.717) is 17.2 Å². The third kappa shape index (κ3) is 3.46. The van der Waals surface area contributed by atoms with E-state index in [-0.39, 0.29) is 0 Å². The summed E-state index contributed by atoms with van der Waals surface area (Å²) in [6, 6.07) is 1.73. The zero-order chi connectivity index (χ0) is 13.9. The van der Waals surface area contributed by atoms with Gasteiger partial charge in [0.25, 0.3) is 5.91 Å². The SMILES string of the molecule is CCOc1cc(C)sc1C(=O)NS(=O)(=O)C(C)C. The van der Waals surface area contributed by atoms with Crippen LogP contribution in [0.2, 0.25) is 0 Å². The van der Waals surface area contributed by atoms with Gasteiger partial charge in [0.05, 0.1) is 11.9 Å². The third-order valence-electron chi connectivity index (χ3n) is 2.18. The summed E-state index contributed by atoms with van der Waals surface area (Å²) in [6.07, 6.45) is 0. The fraction of sp³-hybridized carbons (Fsp3) is 0.545. The van der Waals surface area contributed by atoms with E-state index in [2.05, 4.69) is 0 Å². The highest BCUT2D eigenvalue weighted by Crippen LogP contribution is 2.29. The highest BCUT2D eigenvalue weighted by Gasteiger charge is 2.23. The van der Waals surface area contributed by atoms with Crippen molar-refractivity contribution in [3.63, 3.8) is 0 Å². The maximum absolute atomic E-state index is 11.9. The molecule has 0 fully saturated rings. The summed E-state index contributed by atoms with van der Waals surface area (Å²) in [5, 5.41) is -0.655. The summed E-state index contributed by atoms with van der Waals surface area (Å²) in [4.78, 5) is 13.1. The molecule has 1 heterocycles. The van der Waals surface area contributed by atoms with Crippen LogP contribution in [0.3, 0.4) is 0 Å². The Hall–Kier alpha value is -1.08.